The zero-order chi connectivity index (χ0) is 13.6. The van der Waals surface area contributed by atoms with Crippen LogP contribution in [0.2, 0.25) is 0 Å². The van der Waals surface area contributed by atoms with Gasteiger partial charge in [-0.3, -0.25) is 0 Å². The molecular weight excluding hydrogens is 262 g/mol. The summed E-state index contributed by atoms with van der Waals surface area (Å²) in [7, 11) is -3.48. The summed E-state index contributed by atoms with van der Waals surface area (Å²) >= 11 is 0. The Labute approximate surface area is 104 Å². The van der Waals surface area contributed by atoms with E-state index in [1.807, 2.05) is 0 Å². The molecule has 3 nitrogen and oxygen atoms in total. The summed E-state index contributed by atoms with van der Waals surface area (Å²) in [6.07, 6.45) is 2.02. The van der Waals surface area contributed by atoms with Gasteiger partial charge in [0.1, 0.15) is 17.2 Å². The minimum absolute atomic E-state index is 0.00655. The fourth-order valence-corrected chi connectivity index (χ4v) is 4.22. The number of hydrogen-bond donors (Lipinski definition) is 1. The van der Waals surface area contributed by atoms with Gasteiger partial charge in [-0.15, -0.1) is 0 Å². The van der Waals surface area contributed by atoms with Gasteiger partial charge < -0.3 is 5.11 Å². The molecule has 2 atom stereocenters. The fraction of sp³-hybridized carbons (Fsp3) is 0.500. The molecule has 1 aromatic rings. The number of aliphatic hydroxyl groups is 1. The number of benzene rings is 1. The second kappa shape index (κ2) is 4.28. The van der Waals surface area contributed by atoms with E-state index in [0.29, 0.717) is 18.9 Å². The Morgan fingerprint density at radius 3 is 2.33 bits per heavy atom. The molecule has 0 spiro atoms. The van der Waals surface area contributed by atoms with Gasteiger partial charge in [-0.2, -0.15) is 0 Å². The van der Waals surface area contributed by atoms with Gasteiger partial charge in [-0.1, -0.05) is 0 Å². The molecule has 1 N–H and O–H groups in total. The second-order valence-corrected chi connectivity index (χ2v) is 7.02. The molecule has 0 radical (unpaired) electrons. The van der Waals surface area contributed by atoms with Crippen LogP contribution in [0.1, 0.15) is 24.8 Å². The Balaban J connectivity index is 2.53. The van der Waals surface area contributed by atoms with Gasteiger partial charge in [0.15, 0.2) is 9.84 Å². The summed E-state index contributed by atoms with van der Waals surface area (Å²) in [6.45, 7) is 0. The van der Waals surface area contributed by atoms with Crippen molar-refractivity contribution in [3.05, 3.63) is 35.4 Å². The van der Waals surface area contributed by atoms with Crippen LogP contribution in [-0.2, 0) is 15.4 Å². The minimum atomic E-state index is -3.48. The van der Waals surface area contributed by atoms with Crippen LogP contribution in [0.25, 0.3) is 0 Å². The molecule has 18 heavy (non-hydrogen) atoms. The number of halogens is 2. The van der Waals surface area contributed by atoms with Crippen molar-refractivity contribution in [1.82, 2.24) is 0 Å². The summed E-state index contributed by atoms with van der Waals surface area (Å²) in [5, 5.41) is 9.49. The Morgan fingerprint density at radius 1 is 1.28 bits per heavy atom. The lowest BCUT2D eigenvalue weighted by Crippen LogP contribution is -2.39. The smallest absolute Gasteiger partial charge is 0.153 e. The molecule has 1 aliphatic rings. The molecule has 1 aromatic carbocycles. The molecule has 0 aromatic heterocycles. The monoisotopic (exact) mass is 276 g/mol. The van der Waals surface area contributed by atoms with E-state index in [4.69, 9.17) is 0 Å². The zero-order valence-corrected chi connectivity index (χ0v) is 10.7. The van der Waals surface area contributed by atoms with Crippen LogP contribution in [-0.4, -0.2) is 25.0 Å². The molecule has 2 unspecified atom stereocenters. The predicted octanol–water partition coefficient (Wildman–Crippen LogP) is 1.75. The van der Waals surface area contributed by atoms with E-state index < -0.39 is 32.3 Å². The molecule has 100 valence electrons. The van der Waals surface area contributed by atoms with Crippen molar-refractivity contribution < 1.29 is 22.3 Å². The molecule has 2 rings (SSSR count). The van der Waals surface area contributed by atoms with E-state index in [0.717, 1.165) is 18.4 Å². The lowest BCUT2D eigenvalue weighted by atomic mass is 9.92. The van der Waals surface area contributed by atoms with Gasteiger partial charge in [-0.05, 0) is 37.0 Å². The van der Waals surface area contributed by atoms with Gasteiger partial charge >= 0.3 is 0 Å². The molecule has 0 bridgehead atoms. The van der Waals surface area contributed by atoms with Gasteiger partial charge in [0.2, 0.25) is 0 Å². The summed E-state index contributed by atoms with van der Waals surface area (Å²) in [6, 6.07) is 2.68. The van der Waals surface area contributed by atoms with Crippen molar-refractivity contribution in [3.8, 4) is 0 Å². The second-order valence-electron chi connectivity index (χ2n) is 4.79. The van der Waals surface area contributed by atoms with Crippen molar-refractivity contribution in [2.24, 2.45) is 0 Å². The Bertz CT molecular complexity index is 550. The Kier molecular flexibility index (Phi) is 3.19. The quantitative estimate of drug-likeness (QED) is 0.895. The standard InChI is InChI=1S/C12H14F2O3S/c1-18(16,17)11-3-2-4-12(11,15)8-5-9(13)7-10(14)6-8/h5-7,11,15H,2-4H2,1H3. The van der Waals surface area contributed by atoms with Gasteiger partial charge in [-0.25, -0.2) is 17.2 Å². The minimum Gasteiger partial charge on any atom is -0.384 e. The summed E-state index contributed by atoms with van der Waals surface area (Å²) in [5.41, 5.74) is -1.70. The normalized spacial score (nSPS) is 28.6. The van der Waals surface area contributed by atoms with Crippen LogP contribution in [0.3, 0.4) is 0 Å². The highest BCUT2D eigenvalue weighted by Gasteiger charge is 2.48. The number of hydrogen-bond acceptors (Lipinski definition) is 3. The molecule has 0 amide bonds. The van der Waals surface area contributed by atoms with Gasteiger partial charge in [0.25, 0.3) is 0 Å². The van der Waals surface area contributed by atoms with Crippen molar-refractivity contribution in [2.75, 3.05) is 6.26 Å². The maximum atomic E-state index is 13.2. The van der Waals surface area contributed by atoms with Crippen LogP contribution in [0.5, 0.6) is 0 Å². The Morgan fingerprint density at radius 2 is 1.83 bits per heavy atom. The van der Waals surface area contributed by atoms with E-state index in [2.05, 4.69) is 0 Å². The molecule has 6 heteroatoms. The first-order valence-corrected chi connectivity index (χ1v) is 7.57. The van der Waals surface area contributed by atoms with E-state index in [1.54, 1.807) is 0 Å². The Hall–Kier alpha value is -1.01. The first-order chi connectivity index (χ1) is 8.23. The highest BCUT2D eigenvalue weighted by Crippen LogP contribution is 2.42. The van der Waals surface area contributed by atoms with E-state index in [1.165, 1.54) is 0 Å². The van der Waals surface area contributed by atoms with Crippen molar-refractivity contribution in [2.45, 2.75) is 30.1 Å². The van der Waals surface area contributed by atoms with Crippen molar-refractivity contribution in [3.63, 3.8) is 0 Å². The highest BCUT2D eigenvalue weighted by molar-refractivity contribution is 7.91. The molecular formula is C12H14F2O3S. The third-order valence-electron chi connectivity index (χ3n) is 3.44. The van der Waals surface area contributed by atoms with Crippen molar-refractivity contribution in [1.29, 1.82) is 0 Å². The lowest BCUT2D eigenvalue weighted by molar-refractivity contribution is 0.0470. The summed E-state index contributed by atoms with van der Waals surface area (Å²) < 4.78 is 49.6. The molecule has 0 aliphatic heterocycles. The van der Waals surface area contributed by atoms with Crippen LogP contribution < -0.4 is 0 Å². The highest BCUT2D eigenvalue weighted by atomic mass is 32.2. The molecule has 1 aliphatic carbocycles. The largest absolute Gasteiger partial charge is 0.384 e. The third kappa shape index (κ3) is 2.27. The van der Waals surface area contributed by atoms with Crippen LogP contribution in [0.15, 0.2) is 18.2 Å². The average molecular weight is 276 g/mol. The van der Waals surface area contributed by atoms with E-state index in [9.17, 15) is 22.3 Å². The number of sulfone groups is 1. The first-order valence-electron chi connectivity index (χ1n) is 5.61. The summed E-state index contributed by atoms with van der Waals surface area (Å²) in [5.74, 6) is -1.64. The summed E-state index contributed by atoms with van der Waals surface area (Å²) in [4.78, 5) is 0. The third-order valence-corrected chi connectivity index (χ3v) is 5.10. The first kappa shape index (κ1) is 13.4. The predicted molar refractivity (Wildman–Crippen MR) is 62.7 cm³/mol. The lowest BCUT2D eigenvalue weighted by Gasteiger charge is -2.29. The molecule has 0 saturated heterocycles. The molecule has 0 heterocycles. The van der Waals surface area contributed by atoms with E-state index >= 15 is 0 Å². The molecule has 1 fully saturated rings. The van der Waals surface area contributed by atoms with Gasteiger partial charge in [0.05, 0.1) is 5.25 Å². The van der Waals surface area contributed by atoms with Gasteiger partial charge in [0, 0.05) is 12.3 Å². The average Bonchev–Trinajstić information content (AvgIpc) is 2.59. The fourth-order valence-electron chi connectivity index (χ4n) is 2.66. The maximum absolute atomic E-state index is 13.2. The van der Waals surface area contributed by atoms with Crippen LogP contribution in [0, 0.1) is 11.6 Å². The zero-order valence-electron chi connectivity index (χ0n) is 9.86. The SMILES string of the molecule is CS(=O)(=O)C1CCCC1(O)c1cc(F)cc(F)c1. The molecule has 1 saturated carbocycles. The van der Waals surface area contributed by atoms with Crippen molar-refractivity contribution >= 4 is 9.84 Å². The number of rotatable bonds is 2. The van der Waals surface area contributed by atoms with Crippen LogP contribution in [0.4, 0.5) is 8.78 Å². The van der Waals surface area contributed by atoms with Crippen LogP contribution >= 0.6 is 0 Å². The topological polar surface area (TPSA) is 54.4 Å². The maximum Gasteiger partial charge on any atom is 0.153 e. The van der Waals surface area contributed by atoms with E-state index in [-0.39, 0.29) is 12.0 Å².